The molecule has 0 aliphatic carbocycles. The van der Waals surface area contributed by atoms with Crippen LogP contribution in [0.25, 0.3) is 10.9 Å². The Labute approximate surface area is 163 Å². The summed E-state index contributed by atoms with van der Waals surface area (Å²) in [6.07, 6.45) is 0. The first-order valence-corrected chi connectivity index (χ1v) is 10.2. The van der Waals surface area contributed by atoms with Crippen molar-refractivity contribution in [2.75, 3.05) is 13.1 Å². The zero-order valence-electron chi connectivity index (χ0n) is 15.0. The number of aromatic nitrogens is 1. The second-order valence-corrected chi connectivity index (χ2v) is 8.35. The average Bonchev–Trinajstić information content (AvgIpc) is 2.90. The summed E-state index contributed by atoms with van der Waals surface area (Å²) in [6, 6.07) is 14.0. The first kappa shape index (κ1) is 19.4. The number of carbonyl (C=O) groups is 1. The predicted molar refractivity (Wildman–Crippen MR) is 107 cm³/mol. The van der Waals surface area contributed by atoms with Crippen molar-refractivity contribution in [3.05, 3.63) is 64.8 Å². The molecule has 0 spiro atoms. The maximum Gasteiger partial charge on any atom is 0.269 e. The highest BCUT2D eigenvalue weighted by atomic mass is 35.5. The van der Waals surface area contributed by atoms with Crippen molar-refractivity contribution in [1.82, 2.24) is 14.6 Å². The molecule has 3 aromatic rings. The maximum absolute atomic E-state index is 12.5. The zero-order chi connectivity index (χ0) is 19.6. The zero-order valence-corrected chi connectivity index (χ0v) is 16.6. The molecule has 0 aliphatic rings. The van der Waals surface area contributed by atoms with Crippen LogP contribution in [0.2, 0.25) is 5.02 Å². The third kappa shape index (κ3) is 4.00. The van der Waals surface area contributed by atoms with E-state index in [1.807, 2.05) is 31.2 Å². The fourth-order valence-electron chi connectivity index (χ4n) is 2.84. The largest absolute Gasteiger partial charge is 0.349 e. The normalized spacial score (nSPS) is 11.7. The van der Waals surface area contributed by atoms with Crippen molar-refractivity contribution >= 4 is 38.4 Å². The van der Waals surface area contributed by atoms with Crippen LogP contribution < -0.4 is 10.0 Å². The Balaban J connectivity index is 1.63. The van der Waals surface area contributed by atoms with Gasteiger partial charge in [-0.25, -0.2) is 13.1 Å². The van der Waals surface area contributed by atoms with Gasteiger partial charge in [-0.1, -0.05) is 47.5 Å². The van der Waals surface area contributed by atoms with Gasteiger partial charge < -0.3 is 9.88 Å². The lowest BCUT2D eigenvalue weighted by atomic mass is 10.2. The smallest absolute Gasteiger partial charge is 0.269 e. The highest BCUT2D eigenvalue weighted by Crippen LogP contribution is 2.29. The minimum atomic E-state index is -3.61. The van der Waals surface area contributed by atoms with Crippen LogP contribution in [0.1, 0.15) is 16.1 Å². The van der Waals surface area contributed by atoms with E-state index in [9.17, 15) is 13.2 Å². The van der Waals surface area contributed by atoms with Gasteiger partial charge in [0.05, 0.1) is 9.92 Å². The Hall–Kier alpha value is -2.35. The Morgan fingerprint density at radius 3 is 2.41 bits per heavy atom. The number of halogens is 1. The number of carbonyl (C=O) groups excluding carboxylic acids is 1. The van der Waals surface area contributed by atoms with Crippen LogP contribution in [0.3, 0.4) is 0 Å². The Morgan fingerprint density at radius 1 is 1.07 bits per heavy atom. The third-order valence-corrected chi connectivity index (χ3v) is 6.15. The van der Waals surface area contributed by atoms with Crippen LogP contribution in [-0.2, 0) is 17.1 Å². The Morgan fingerprint density at radius 2 is 1.74 bits per heavy atom. The van der Waals surface area contributed by atoms with E-state index in [4.69, 9.17) is 11.6 Å². The molecule has 2 aromatic carbocycles. The summed E-state index contributed by atoms with van der Waals surface area (Å²) in [5.74, 6) is -0.353. The van der Waals surface area contributed by atoms with Gasteiger partial charge in [0.1, 0.15) is 5.69 Å². The second-order valence-electron chi connectivity index (χ2n) is 6.21. The molecule has 1 aromatic heterocycles. The molecule has 142 valence electrons. The molecule has 6 nitrogen and oxygen atoms in total. The van der Waals surface area contributed by atoms with Gasteiger partial charge in [-0.3, -0.25) is 4.79 Å². The molecule has 0 radical (unpaired) electrons. The van der Waals surface area contributed by atoms with E-state index < -0.39 is 10.0 Å². The van der Waals surface area contributed by atoms with Gasteiger partial charge in [0.2, 0.25) is 10.0 Å². The summed E-state index contributed by atoms with van der Waals surface area (Å²) in [7, 11) is -1.84. The maximum atomic E-state index is 12.5. The van der Waals surface area contributed by atoms with Crippen LogP contribution in [0.5, 0.6) is 0 Å². The van der Waals surface area contributed by atoms with E-state index in [1.165, 1.54) is 0 Å². The fraction of sp³-hybridized carbons (Fsp3) is 0.211. The Bertz CT molecular complexity index is 1050. The molecule has 3 rings (SSSR count). The van der Waals surface area contributed by atoms with Gasteiger partial charge in [-0.2, -0.15) is 0 Å². The molecule has 0 saturated carbocycles. The molecule has 0 unspecified atom stereocenters. The van der Waals surface area contributed by atoms with Gasteiger partial charge >= 0.3 is 0 Å². The van der Waals surface area contributed by atoms with Gasteiger partial charge in [-0.05, 0) is 25.1 Å². The van der Waals surface area contributed by atoms with Crippen molar-refractivity contribution < 1.29 is 13.2 Å². The van der Waals surface area contributed by atoms with Gasteiger partial charge in [0, 0.05) is 31.0 Å². The molecule has 0 aliphatic heterocycles. The highest BCUT2D eigenvalue weighted by molar-refractivity contribution is 7.89. The summed E-state index contributed by atoms with van der Waals surface area (Å²) in [5.41, 5.74) is 2.18. The number of hydrogen-bond donors (Lipinski definition) is 2. The van der Waals surface area contributed by atoms with E-state index in [1.54, 1.807) is 35.9 Å². The topological polar surface area (TPSA) is 80.2 Å². The van der Waals surface area contributed by atoms with Crippen molar-refractivity contribution in [1.29, 1.82) is 0 Å². The van der Waals surface area contributed by atoms with E-state index >= 15 is 0 Å². The summed E-state index contributed by atoms with van der Waals surface area (Å²) in [6.45, 7) is 2.10. The van der Waals surface area contributed by atoms with Gasteiger partial charge in [0.25, 0.3) is 5.91 Å². The lowest BCUT2D eigenvalue weighted by Gasteiger charge is -2.09. The number of sulfonamides is 1. The SMILES string of the molecule is Cc1ccc(S(=O)(=O)NCCNC(=O)c2c(Cl)c3ccccc3n2C)cc1. The number of aryl methyl sites for hydroxylation is 2. The van der Waals surface area contributed by atoms with Crippen LogP contribution in [-0.4, -0.2) is 32.0 Å². The number of rotatable bonds is 6. The minimum Gasteiger partial charge on any atom is -0.349 e. The number of amides is 1. The molecule has 0 saturated heterocycles. The molecule has 0 bridgehead atoms. The monoisotopic (exact) mass is 405 g/mol. The number of nitrogens with zero attached hydrogens (tertiary/aromatic N) is 1. The summed E-state index contributed by atoms with van der Waals surface area (Å²) >= 11 is 6.34. The summed E-state index contributed by atoms with van der Waals surface area (Å²) in [5, 5.41) is 3.88. The van der Waals surface area contributed by atoms with E-state index in [0.29, 0.717) is 10.7 Å². The number of benzene rings is 2. The van der Waals surface area contributed by atoms with E-state index in [-0.39, 0.29) is 23.9 Å². The Kier molecular flexibility index (Phi) is 5.55. The van der Waals surface area contributed by atoms with Gasteiger partial charge in [0.15, 0.2) is 0 Å². The lowest BCUT2D eigenvalue weighted by molar-refractivity contribution is 0.0947. The predicted octanol–water partition coefficient (Wildman–Crippen LogP) is 2.85. The van der Waals surface area contributed by atoms with Crippen molar-refractivity contribution in [2.45, 2.75) is 11.8 Å². The first-order chi connectivity index (χ1) is 12.8. The fourth-order valence-corrected chi connectivity index (χ4v) is 4.25. The molecule has 1 amide bonds. The minimum absolute atomic E-state index is 0.0729. The van der Waals surface area contributed by atoms with E-state index in [0.717, 1.165) is 16.5 Å². The molecule has 1 heterocycles. The number of hydrogen-bond acceptors (Lipinski definition) is 3. The molecule has 27 heavy (non-hydrogen) atoms. The van der Waals surface area contributed by atoms with Crippen LogP contribution in [0.4, 0.5) is 0 Å². The molecule has 0 fully saturated rings. The molecule has 0 atom stereocenters. The third-order valence-electron chi connectivity index (χ3n) is 4.29. The standard InChI is InChI=1S/C19H20ClN3O3S/c1-13-7-9-14(10-8-13)27(25,26)22-12-11-21-19(24)18-17(20)15-5-3-4-6-16(15)23(18)2/h3-10,22H,11-12H2,1-2H3,(H,21,24). The van der Waals surface area contributed by atoms with Crippen LogP contribution >= 0.6 is 11.6 Å². The highest BCUT2D eigenvalue weighted by Gasteiger charge is 2.19. The van der Waals surface area contributed by atoms with Crippen molar-refractivity contribution in [3.8, 4) is 0 Å². The lowest BCUT2D eigenvalue weighted by Crippen LogP contribution is -2.35. The molecular formula is C19H20ClN3O3S. The average molecular weight is 406 g/mol. The summed E-state index contributed by atoms with van der Waals surface area (Å²) in [4.78, 5) is 12.7. The van der Waals surface area contributed by atoms with Crippen molar-refractivity contribution in [2.24, 2.45) is 7.05 Å². The second kappa shape index (κ2) is 7.72. The number of nitrogens with one attached hydrogen (secondary N) is 2. The number of fused-ring (bicyclic) bond motifs is 1. The summed E-state index contributed by atoms with van der Waals surface area (Å²) < 4.78 is 28.7. The van der Waals surface area contributed by atoms with Crippen molar-refractivity contribution in [3.63, 3.8) is 0 Å². The molecular weight excluding hydrogens is 386 g/mol. The van der Waals surface area contributed by atoms with Gasteiger partial charge in [-0.15, -0.1) is 0 Å². The molecule has 8 heteroatoms. The van der Waals surface area contributed by atoms with Crippen LogP contribution in [0, 0.1) is 6.92 Å². The number of para-hydroxylation sites is 1. The van der Waals surface area contributed by atoms with E-state index in [2.05, 4.69) is 10.0 Å². The molecule has 2 N–H and O–H groups in total. The first-order valence-electron chi connectivity index (χ1n) is 8.38. The quantitative estimate of drug-likeness (QED) is 0.619. The van der Waals surface area contributed by atoms with Crippen LogP contribution in [0.15, 0.2) is 53.4 Å².